The van der Waals surface area contributed by atoms with E-state index in [2.05, 4.69) is 46.8 Å². The summed E-state index contributed by atoms with van der Waals surface area (Å²) in [5.41, 5.74) is 1.98. The van der Waals surface area contributed by atoms with Crippen LogP contribution in [0.5, 0.6) is 0 Å². The number of nitrogens with one attached hydrogen (secondary N) is 3. The van der Waals surface area contributed by atoms with Crippen molar-refractivity contribution in [2.75, 3.05) is 37.4 Å². The molecule has 0 bridgehead atoms. The van der Waals surface area contributed by atoms with Gasteiger partial charge in [0.15, 0.2) is 5.65 Å². The van der Waals surface area contributed by atoms with Gasteiger partial charge in [-0.05, 0) is 38.8 Å². The summed E-state index contributed by atoms with van der Waals surface area (Å²) in [7, 11) is 1.69. The lowest BCUT2D eigenvalue weighted by molar-refractivity contribution is 0.190. The highest BCUT2D eigenvalue weighted by Crippen LogP contribution is 2.23. The molecule has 0 aromatic carbocycles. The zero-order chi connectivity index (χ0) is 17.8. The van der Waals surface area contributed by atoms with Crippen molar-refractivity contribution >= 4 is 17.5 Å². The van der Waals surface area contributed by atoms with Crippen molar-refractivity contribution in [3.63, 3.8) is 0 Å². The summed E-state index contributed by atoms with van der Waals surface area (Å²) in [6, 6.07) is 0.528. The molecule has 2 aromatic rings. The monoisotopic (exact) mass is 347 g/mol. The summed E-state index contributed by atoms with van der Waals surface area (Å²) in [5.74, 6) is 1.70. The quantitative estimate of drug-likeness (QED) is 0.704. The smallest absolute Gasteiger partial charge is 0.229 e. The average molecular weight is 347 g/mol. The first-order chi connectivity index (χ1) is 12.1. The molecule has 0 spiro atoms. The van der Waals surface area contributed by atoms with Gasteiger partial charge in [-0.25, -0.2) is 0 Å². The highest BCUT2D eigenvalue weighted by molar-refractivity contribution is 5.56. The van der Waals surface area contributed by atoms with Crippen molar-refractivity contribution < 1.29 is 4.74 Å². The van der Waals surface area contributed by atoms with Gasteiger partial charge in [0.05, 0.1) is 12.8 Å². The van der Waals surface area contributed by atoms with Crippen LogP contribution >= 0.6 is 0 Å². The summed E-state index contributed by atoms with van der Waals surface area (Å²) in [5, 5.41) is 14.8. The normalized spacial score (nSPS) is 17.2. The van der Waals surface area contributed by atoms with Gasteiger partial charge in [0, 0.05) is 24.8 Å². The lowest BCUT2D eigenvalue weighted by Crippen LogP contribution is -2.36. The largest absolute Gasteiger partial charge is 0.383 e. The fraction of sp³-hybridized carbons (Fsp3) is 0.706. The van der Waals surface area contributed by atoms with Crippen LogP contribution in [0.1, 0.15) is 45.1 Å². The van der Waals surface area contributed by atoms with Gasteiger partial charge in [0.2, 0.25) is 11.9 Å². The van der Waals surface area contributed by atoms with Crippen molar-refractivity contribution in [2.24, 2.45) is 0 Å². The summed E-state index contributed by atoms with van der Waals surface area (Å²) >= 11 is 0. The van der Waals surface area contributed by atoms with Crippen LogP contribution in [0.4, 0.5) is 11.9 Å². The fourth-order valence-corrected chi connectivity index (χ4v) is 3.12. The number of methoxy groups -OCH3 is 1. The van der Waals surface area contributed by atoms with E-state index in [1.165, 1.54) is 0 Å². The van der Waals surface area contributed by atoms with E-state index in [-0.39, 0.29) is 6.04 Å². The number of hydrogen-bond donors (Lipinski definition) is 3. The molecule has 8 nitrogen and oxygen atoms in total. The van der Waals surface area contributed by atoms with E-state index in [4.69, 9.17) is 9.72 Å². The molecule has 1 fully saturated rings. The fourth-order valence-electron chi connectivity index (χ4n) is 3.12. The molecule has 2 aromatic heterocycles. The minimum atomic E-state index is 0.129. The predicted molar refractivity (Wildman–Crippen MR) is 99.3 cm³/mol. The van der Waals surface area contributed by atoms with Crippen molar-refractivity contribution in [3.05, 3.63) is 11.8 Å². The van der Waals surface area contributed by atoms with Gasteiger partial charge in [-0.3, -0.25) is 0 Å². The molecule has 3 N–H and O–H groups in total. The molecule has 0 radical (unpaired) electrons. The van der Waals surface area contributed by atoms with Gasteiger partial charge in [0.1, 0.15) is 0 Å². The summed E-state index contributed by atoms with van der Waals surface area (Å²) in [4.78, 5) is 9.38. The van der Waals surface area contributed by atoms with Crippen LogP contribution in [0.2, 0.25) is 0 Å². The molecular weight excluding hydrogens is 318 g/mol. The highest BCUT2D eigenvalue weighted by Gasteiger charge is 2.19. The van der Waals surface area contributed by atoms with Crippen molar-refractivity contribution in [3.8, 4) is 0 Å². The van der Waals surface area contributed by atoms with Gasteiger partial charge < -0.3 is 20.7 Å². The lowest BCUT2D eigenvalue weighted by atomic mass is 10.1. The van der Waals surface area contributed by atoms with Gasteiger partial charge in [-0.1, -0.05) is 13.8 Å². The molecule has 138 valence electrons. The van der Waals surface area contributed by atoms with E-state index in [0.717, 1.165) is 43.1 Å². The Bertz CT molecular complexity index is 694. The molecule has 25 heavy (non-hydrogen) atoms. The molecule has 1 saturated heterocycles. The Labute approximate surface area is 148 Å². The molecule has 8 heteroatoms. The summed E-state index contributed by atoms with van der Waals surface area (Å²) in [6.07, 6.45) is 4.05. The second-order valence-electron chi connectivity index (χ2n) is 7.03. The maximum absolute atomic E-state index is 5.20. The minimum Gasteiger partial charge on any atom is -0.383 e. The van der Waals surface area contributed by atoms with E-state index < -0.39 is 0 Å². The van der Waals surface area contributed by atoms with Crippen LogP contribution in [-0.4, -0.2) is 58.5 Å². The third kappa shape index (κ3) is 4.19. The van der Waals surface area contributed by atoms with Gasteiger partial charge >= 0.3 is 0 Å². The van der Waals surface area contributed by atoms with E-state index in [0.29, 0.717) is 24.5 Å². The van der Waals surface area contributed by atoms with Crippen molar-refractivity contribution in [2.45, 2.75) is 51.6 Å². The average Bonchev–Trinajstić information content (AvgIpc) is 3.00. The number of aromatic nitrogens is 4. The molecular formula is C17H29N7O. The molecule has 1 aliphatic heterocycles. The number of piperidine rings is 1. The van der Waals surface area contributed by atoms with E-state index >= 15 is 0 Å². The van der Waals surface area contributed by atoms with Gasteiger partial charge in [0.25, 0.3) is 0 Å². The number of nitrogens with zero attached hydrogens (tertiary/aromatic N) is 4. The Hall–Kier alpha value is -1.93. The Balaban J connectivity index is 1.94. The predicted octanol–water partition coefficient (Wildman–Crippen LogP) is 1.86. The molecule has 0 amide bonds. The topological polar surface area (TPSA) is 88.4 Å². The van der Waals surface area contributed by atoms with Crippen LogP contribution in [-0.2, 0) is 4.74 Å². The number of ether oxygens (including phenoxy) is 1. The first kappa shape index (κ1) is 17.9. The third-order valence-corrected chi connectivity index (χ3v) is 4.48. The Morgan fingerprint density at radius 2 is 2.04 bits per heavy atom. The third-order valence-electron chi connectivity index (χ3n) is 4.48. The van der Waals surface area contributed by atoms with E-state index in [1.807, 2.05) is 10.7 Å². The maximum Gasteiger partial charge on any atom is 0.229 e. The molecule has 1 atom stereocenters. The number of anilines is 2. The van der Waals surface area contributed by atoms with Gasteiger partial charge in [-0.2, -0.15) is 19.6 Å². The van der Waals surface area contributed by atoms with Gasteiger partial charge in [-0.15, -0.1) is 0 Å². The zero-order valence-electron chi connectivity index (χ0n) is 15.5. The molecule has 3 heterocycles. The second kappa shape index (κ2) is 7.97. The van der Waals surface area contributed by atoms with Crippen LogP contribution in [0.15, 0.2) is 6.20 Å². The first-order valence-electron chi connectivity index (χ1n) is 9.07. The van der Waals surface area contributed by atoms with E-state index in [1.54, 1.807) is 7.11 Å². The van der Waals surface area contributed by atoms with E-state index in [9.17, 15) is 0 Å². The Morgan fingerprint density at radius 1 is 1.28 bits per heavy atom. The van der Waals surface area contributed by atoms with Crippen molar-refractivity contribution in [1.29, 1.82) is 0 Å². The maximum atomic E-state index is 5.20. The molecule has 0 saturated carbocycles. The highest BCUT2D eigenvalue weighted by atomic mass is 16.5. The standard InChI is InChI=1S/C17H29N7O/c1-11(2)14-9-19-24-15(14)22-16(20-12(3)10-25-4)23-17(24)21-13-5-7-18-8-6-13/h9,11-13,18H,5-8,10H2,1-4H3,(H2,20,21,22,23)/t12-/m0/s1. The Kier molecular flexibility index (Phi) is 5.70. The van der Waals surface area contributed by atoms with Crippen molar-refractivity contribution in [1.82, 2.24) is 24.9 Å². The summed E-state index contributed by atoms with van der Waals surface area (Å²) < 4.78 is 7.03. The molecule has 3 rings (SSSR count). The summed E-state index contributed by atoms with van der Waals surface area (Å²) in [6.45, 7) is 9.01. The van der Waals surface area contributed by atoms with Crippen LogP contribution in [0, 0.1) is 0 Å². The molecule has 0 unspecified atom stereocenters. The minimum absolute atomic E-state index is 0.129. The van der Waals surface area contributed by atoms with Crippen LogP contribution < -0.4 is 16.0 Å². The SMILES string of the molecule is COC[C@H](C)Nc1nc(NC2CCNCC2)n2ncc(C(C)C)c2n1. The molecule has 0 aliphatic carbocycles. The number of rotatable bonds is 7. The Morgan fingerprint density at radius 3 is 2.72 bits per heavy atom. The second-order valence-corrected chi connectivity index (χ2v) is 7.03. The number of fused-ring (bicyclic) bond motifs is 1. The number of hydrogen-bond acceptors (Lipinski definition) is 7. The van der Waals surface area contributed by atoms with Crippen LogP contribution in [0.25, 0.3) is 5.65 Å². The first-order valence-corrected chi connectivity index (χ1v) is 9.07. The molecule has 1 aliphatic rings. The zero-order valence-corrected chi connectivity index (χ0v) is 15.5. The van der Waals surface area contributed by atoms with Crippen LogP contribution in [0.3, 0.4) is 0 Å². The lowest BCUT2D eigenvalue weighted by Gasteiger charge is -2.24.